The Bertz CT molecular complexity index is 693. The first-order valence-corrected chi connectivity index (χ1v) is 7.61. The van der Waals surface area contributed by atoms with Crippen molar-refractivity contribution in [1.82, 2.24) is 0 Å². The molecule has 1 aromatic carbocycles. The Labute approximate surface area is 139 Å². The maximum absolute atomic E-state index is 12.4. The summed E-state index contributed by atoms with van der Waals surface area (Å²) in [4.78, 5) is 24.1. The van der Waals surface area contributed by atoms with Crippen LogP contribution >= 0.6 is 0 Å². The minimum absolute atomic E-state index is 0.0431. The number of methoxy groups -OCH3 is 1. The number of hydrogen-bond acceptors (Lipinski definition) is 6. The third-order valence-electron chi connectivity index (χ3n) is 4.27. The summed E-state index contributed by atoms with van der Waals surface area (Å²) >= 11 is 0. The zero-order valence-corrected chi connectivity index (χ0v) is 13.2. The van der Waals surface area contributed by atoms with E-state index in [1.54, 1.807) is 24.3 Å². The van der Waals surface area contributed by atoms with Gasteiger partial charge in [-0.2, -0.15) is 0 Å². The summed E-state index contributed by atoms with van der Waals surface area (Å²) in [6, 6.07) is 9.18. The van der Waals surface area contributed by atoms with E-state index in [-0.39, 0.29) is 18.6 Å². The molecule has 1 aromatic rings. The van der Waals surface area contributed by atoms with Crippen LogP contribution in [0.3, 0.4) is 0 Å². The van der Waals surface area contributed by atoms with Crippen LogP contribution in [-0.2, 0) is 19.1 Å². The Kier molecular flexibility index (Phi) is 4.40. The Balaban J connectivity index is 1.71. The van der Waals surface area contributed by atoms with Crippen molar-refractivity contribution in [2.75, 3.05) is 13.7 Å². The maximum atomic E-state index is 12.4. The fraction of sp³-hybridized carbons (Fsp3) is 0.333. The van der Waals surface area contributed by atoms with E-state index >= 15 is 0 Å². The summed E-state index contributed by atoms with van der Waals surface area (Å²) in [5, 5.41) is 10.5. The number of aliphatic hydroxyl groups is 1. The highest BCUT2D eigenvalue weighted by Crippen LogP contribution is 2.43. The summed E-state index contributed by atoms with van der Waals surface area (Å²) in [5.41, 5.74) is -1.23. The molecule has 3 rings (SSSR count). The molecule has 0 aromatic heterocycles. The molecule has 2 aliphatic rings. The Hall–Kier alpha value is -2.60. The van der Waals surface area contributed by atoms with Crippen LogP contribution in [0.4, 0.5) is 0 Å². The van der Waals surface area contributed by atoms with Gasteiger partial charge in [0.1, 0.15) is 30.0 Å². The van der Waals surface area contributed by atoms with E-state index in [1.165, 1.54) is 13.2 Å². The van der Waals surface area contributed by atoms with Crippen LogP contribution in [0.5, 0.6) is 5.75 Å². The fourth-order valence-electron chi connectivity index (χ4n) is 3.00. The molecule has 3 atom stereocenters. The van der Waals surface area contributed by atoms with Gasteiger partial charge in [-0.15, -0.1) is 0 Å². The molecule has 6 nitrogen and oxygen atoms in total. The van der Waals surface area contributed by atoms with Crippen molar-refractivity contribution >= 4 is 11.9 Å². The molecule has 0 saturated carbocycles. The third-order valence-corrected chi connectivity index (χ3v) is 4.27. The molecule has 0 amide bonds. The first-order valence-electron chi connectivity index (χ1n) is 7.61. The van der Waals surface area contributed by atoms with E-state index < -0.39 is 29.6 Å². The molecule has 1 fully saturated rings. The number of carbonyl (C=O) groups excluding carboxylic acids is 2. The summed E-state index contributed by atoms with van der Waals surface area (Å²) in [6.45, 7) is 0.176. The van der Waals surface area contributed by atoms with E-state index in [2.05, 4.69) is 4.74 Å². The average molecular weight is 330 g/mol. The number of esters is 2. The number of hydrogen-bond donors (Lipinski definition) is 1. The Morgan fingerprint density at radius 1 is 1.38 bits per heavy atom. The second kappa shape index (κ2) is 6.49. The molecule has 6 heteroatoms. The lowest BCUT2D eigenvalue weighted by Crippen LogP contribution is -2.42. The van der Waals surface area contributed by atoms with Crippen LogP contribution in [0.25, 0.3) is 0 Å². The molecule has 1 aliphatic carbocycles. The minimum atomic E-state index is -1.30. The summed E-state index contributed by atoms with van der Waals surface area (Å²) in [5.74, 6) is -0.560. The van der Waals surface area contributed by atoms with Crippen molar-refractivity contribution in [2.24, 2.45) is 5.41 Å². The second-order valence-corrected chi connectivity index (χ2v) is 5.77. The van der Waals surface area contributed by atoms with Gasteiger partial charge in [-0.3, -0.25) is 4.79 Å². The van der Waals surface area contributed by atoms with Crippen molar-refractivity contribution in [3.63, 3.8) is 0 Å². The van der Waals surface area contributed by atoms with Gasteiger partial charge in [-0.25, -0.2) is 4.79 Å². The van der Waals surface area contributed by atoms with Gasteiger partial charge in [-0.1, -0.05) is 30.4 Å². The minimum Gasteiger partial charge on any atom is -0.490 e. The van der Waals surface area contributed by atoms with Gasteiger partial charge in [-0.05, 0) is 18.2 Å². The number of rotatable bonds is 4. The van der Waals surface area contributed by atoms with Gasteiger partial charge in [0.15, 0.2) is 0 Å². The standard InChI is InChI=1S/C18H18O6/c1-22-16(20)14-8-5-9-18(15(14)19)10-13(24-17(18)21)11-23-12-6-3-2-4-7-12/h2-9,13,15,19H,10-11H2,1H3. The van der Waals surface area contributed by atoms with Crippen LogP contribution < -0.4 is 4.74 Å². The van der Waals surface area contributed by atoms with Crippen molar-refractivity contribution in [3.8, 4) is 5.75 Å². The number of carbonyl (C=O) groups is 2. The predicted octanol–water partition coefficient (Wildman–Crippen LogP) is 1.40. The summed E-state index contributed by atoms with van der Waals surface area (Å²) in [7, 11) is 1.23. The second-order valence-electron chi connectivity index (χ2n) is 5.77. The lowest BCUT2D eigenvalue weighted by molar-refractivity contribution is -0.151. The van der Waals surface area contributed by atoms with E-state index in [4.69, 9.17) is 9.47 Å². The first-order chi connectivity index (χ1) is 11.6. The molecule has 126 valence electrons. The predicted molar refractivity (Wildman–Crippen MR) is 84.1 cm³/mol. The third kappa shape index (κ3) is 2.80. The van der Waals surface area contributed by atoms with Gasteiger partial charge in [0.25, 0.3) is 0 Å². The van der Waals surface area contributed by atoms with Crippen molar-refractivity contribution in [1.29, 1.82) is 0 Å². The molecule has 0 bridgehead atoms. The molecule has 24 heavy (non-hydrogen) atoms. The molecule has 1 heterocycles. The Morgan fingerprint density at radius 3 is 2.83 bits per heavy atom. The van der Waals surface area contributed by atoms with Gasteiger partial charge in [0.2, 0.25) is 0 Å². The van der Waals surface area contributed by atoms with Crippen molar-refractivity contribution in [2.45, 2.75) is 18.6 Å². The number of allylic oxidation sites excluding steroid dienone is 2. The zero-order chi connectivity index (χ0) is 17.2. The molecule has 3 unspecified atom stereocenters. The number of para-hydroxylation sites is 1. The van der Waals surface area contributed by atoms with E-state index in [0.29, 0.717) is 5.75 Å². The van der Waals surface area contributed by atoms with Gasteiger partial charge >= 0.3 is 11.9 Å². The first kappa shape index (κ1) is 16.3. The van der Waals surface area contributed by atoms with E-state index in [0.717, 1.165) is 0 Å². The molecular formula is C18H18O6. The van der Waals surface area contributed by atoms with Crippen LogP contribution in [0.2, 0.25) is 0 Å². The number of aliphatic hydroxyl groups excluding tert-OH is 1. The largest absolute Gasteiger partial charge is 0.490 e. The average Bonchev–Trinajstić information content (AvgIpc) is 2.92. The molecule has 1 N–H and O–H groups in total. The molecule has 1 spiro atoms. The number of benzene rings is 1. The topological polar surface area (TPSA) is 82.1 Å². The smallest absolute Gasteiger partial charge is 0.336 e. The lowest BCUT2D eigenvalue weighted by Gasteiger charge is -2.30. The van der Waals surface area contributed by atoms with Gasteiger partial charge in [0, 0.05) is 6.42 Å². The number of ether oxygens (including phenoxy) is 3. The molecule has 1 saturated heterocycles. The van der Waals surface area contributed by atoms with E-state index in [9.17, 15) is 14.7 Å². The van der Waals surface area contributed by atoms with E-state index in [1.807, 2.05) is 18.2 Å². The molecule has 1 aliphatic heterocycles. The van der Waals surface area contributed by atoms with Crippen LogP contribution in [0, 0.1) is 5.41 Å². The van der Waals surface area contributed by atoms with Crippen molar-refractivity contribution in [3.05, 3.63) is 54.1 Å². The highest BCUT2D eigenvalue weighted by Gasteiger charge is 2.55. The van der Waals surface area contributed by atoms with Crippen molar-refractivity contribution < 1.29 is 28.9 Å². The van der Waals surface area contributed by atoms with Crippen LogP contribution in [-0.4, -0.2) is 43.0 Å². The van der Waals surface area contributed by atoms with Crippen LogP contribution in [0.15, 0.2) is 54.1 Å². The monoisotopic (exact) mass is 330 g/mol. The van der Waals surface area contributed by atoms with Gasteiger partial charge in [0.05, 0.1) is 12.7 Å². The van der Waals surface area contributed by atoms with Gasteiger partial charge < -0.3 is 19.3 Å². The molecule has 0 radical (unpaired) electrons. The lowest BCUT2D eigenvalue weighted by atomic mass is 9.73. The zero-order valence-electron chi connectivity index (χ0n) is 13.2. The normalized spacial score (nSPS) is 28.4. The number of cyclic esters (lactones) is 1. The SMILES string of the molecule is COC(=O)C1=CC=CC2(CC(COc3ccccc3)OC2=O)C1O. The Morgan fingerprint density at radius 2 is 2.12 bits per heavy atom. The highest BCUT2D eigenvalue weighted by molar-refractivity contribution is 5.94. The quantitative estimate of drug-likeness (QED) is 0.840. The fourth-order valence-corrected chi connectivity index (χ4v) is 3.00. The summed E-state index contributed by atoms with van der Waals surface area (Å²) < 4.78 is 15.6. The molecular weight excluding hydrogens is 312 g/mol. The highest BCUT2D eigenvalue weighted by atomic mass is 16.6. The van der Waals surface area contributed by atoms with Crippen LogP contribution in [0.1, 0.15) is 6.42 Å². The maximum Gasteiger partial charge on any atom is 0.336 e. The summed E-state index contributed by atoms with van der Waals surface area (Å²) in [6.07, 6.45) is 3.02.